The van der Waals surface area contributed by atoms with E-state index in [1.165, 1.54) is 0 Å². The van der Waals surface area contributed by atoms with Gasteiger partial charge in [-0.3, -0.25) is 4.79 Å². The zero-order chi connectivity index (χ0) is 18.2. The Morgan fingerprint density at radius 2 is 2.12 bits per heavy atom. The van der Waals surface area contributed by atoms with Crippen molar-refractivity contribution in [2.75, 3.05) is 37.0 Å². The van der Waals surface area contributed by atoms with Crippen LogP contribution in [0.3, 0.4) is 0 Å². The quantitative estimate of drug-likeness (QED) is 0.711. The van der Waals surface area contributed by atoms with E-state index in [0.29, 0.717) is 25.3 Å². The van der Waals surface area contributed by atoms with Gasteiger partial charge < -0.3 is 20.1 Å². The van der Waals surface area contributed by atoms with Crippen molar-refractivity contribution in [3.05, 3.63) is 53.7 Å². The summed E-state index contributed by atoms with van der Waals surface area (Å²) in [5.74, 6) is 0.547. The Balaban J connectivity index is 1.39. The van der Waals surface area contributed by atoms with E-state index in [0.717, 1.165) is 36.5 Å². The maximum absolute atomic E-state index is 12.2. The molecule has 6 nitrogen and oxygen atoms in total. The predicted octanol–water partition coefficient (Wildman–Crippen LogP) is 3.25. The Kier molecular flexibility index (Phi) is 6.57. The normalized spacial score (nSPS) is 16.4. The lowest BCUT2D eigenvalue weighted by molar-refractivity contribution is 0.0206. The van der Waals surface area contributed by atoms with Gasteiger partial charge in [-0.1, -0.05) is 17.7 Å². The van der Waals surface area contributed by atoms with Crippen LogP contribution in [0.1, 0.15) is 28.8 Å². The highest BCUT2D eigenvalue weighted by atomic mass is 16.5. The van der Waals surface area contributed by atoms with E-state index < -0.39 is 0 Å². The van der Waals surface area contributed by atoms with Gasteiger partial charge in [-0.2, -0.15) is 0 Å². The zero-order valence-electron chi connectivity index (χ0n) is 15.0. The van der Waals surface area contributed by atoms with Crippen LogP contribution in [0.15, 0.2) is 42.6 Å². The van der Waals surface area contributed by atoms with Crippen LogP contribution in [0.5, 0.6) is 0 Å². The summed E-state index contributed by atoms with van der Waals surface area (Å²) in [6.07, 6.45) is 4.03. The van der Waals surface area contributed by atoms with E-state index in [-0.39, 0.29) is 12.0 Å². The monoisotopic (exact) mass is 355 g/mol. The summed E-state index contributed by atoms with van der Waals surface area (Å²) in [6, 6.07) is 11.2. The number of aryl methyl sites for hydroxylation is 1. The van der Waals surface area contributed by atoms with Crippen LogP contribution in [-0.2, 0) is 9.47 Å². The minimum atomic E-state index is -0.173. The van der Waals surface area contributed by atoms with Crippen LogP contribution in [-0.4, -0.2) is 43.4 Å². The smallest absolute Gasteiger partial charge is 0.257 e. The molecular weight excluding hydrogens is 330 g/mol. The molecule has 0 radical (unpaired) electrons. The van der Waals surface area contributed by atoms with Crippen LogP contribution in [0.2, 0.25) is 0 Å². The predicted molar refractivity (Wildman–Crippen MR) is 102 cm³/mol. The Morgan fingerprint density at radius 3 is 2.81 bits per heavy atom. The minimum absolute atomic E-state index is 0.173. The van der Waals surface area contributed by atoms with Crippen LogP contribution >= 0.6 is 0 Å². The van der Waals surface area contributed by atoms with Crippen molar-refractivity contribution in [3.63, 3.8) is 0 Å². The molecule has 0 aliphatic carbocycles. The van der Waals surface area contributed by atoms with Crippen molar-refractivity contribution < 1.29 is 14.3 Å². The highest BCUT2D eigenvalue weighted by Crippen LogP contribution is 2.13. The summed E-state index contributed by atoms with van der Waals surface area (Å²) in [7, 11) is 0. The molecule has 1 saturated heterocycles. The van der Waals surface area contributed by atoms with Crippen LogP contribution < -0.4 is 10.6 Å². The average molecular weight is 355 g/mol. The van der Waals surface area contributed by atoms with Crippen LogP contribution in [0, 0.1) is 6.92 Å². The molecule has 1 unspecified atom stereocenters. The molecule has 1 aliphatic heterocycles. The first-order valence-corrected chi connectivity index (χ1v) is 8.98. The molecule has 0 spiro atoms. The molecule has 1 aliphatic rings. The number of rotatable bonds is 8. The number of nitrogens with zero attached hydrogens (tertiary/aromatic N) is 1. The summed E-state index contributed by atoms with van der Waals surface area (Å²) in [6.45, 7) is 4.76. The standard InChI is InChI=1S/C20H25N3O3/c1-15-4-7-17(8-5-15)23-20(24)16-6-9-19(22-13-16)21-10-12-25-14-18-3-2-11-26-18/h4-9,13,18H,2-3,10-12,14H2,1H3,(H,21,22)(H,23,24). The maximum atomic E-state index is 12.2. The Hall–Kier alpha value is -2.44. The van der Waals surface area contributed by atoms with Gasteiger partial charge >= 0.3 is 0 Å². The maximum Gasteiger partial charge on any atom is 0.257 e. The van der Waals surface area contributed by atoms with E-state index >= 15 is 0 Å². The van der Waals surface area contributed by atoms with Gasteiger partial charge in [0.05, 0.1) is 24.9 Å². The van der Waals surface area contributed by atoms with Crippen molar-refractivity contribution >= 4 is 17.4 Å². The van der Waals surface area contributed by atoms with Gasteiger partial charge in [0.2, 0.25) is 0 Å². The van der Waals surface area contributed by atoms with Crippen LogP contribution in [0.25, 0.3) is 0 Å². The second-order valence-corrected chi connectivity index (χ2v) is 6.39. The number of aromatic nitrogens is 1. The second-order valence-electron chi connectivity index (χ2n) is 6.39. The van der Waals surface area contributed by atoms with Gasteiger partial charge in [0.1, 0.15) is 5.82 Å². The van der Waals surface area contributed by atoms with Crippen molar-refractivity contribution in [1.82, 2.24) is 4.98 Å². The first-order chi connectivity index (χ1) is 12.7. The number of carbonyl (C=O) groups excluding carboxylic acids is 1. The van der Waals surface area contributed by atoms with Crippen molar-refractivity contribution in [2.24, 2.45) is 0 Å². The molecule has 1 aromatic carbocycles. The van der Waals surface area contributed by atoms with E-state index in [9.17, 15) is 4.79 Å². The molecular formula is C20H25N3O3. The van der Waals surface area contributed by atoms with Crippen LogP contribution in [0.4, 0.5) is 11.5 Å². The fourth-order valence-electron chi connectivity index (χ4n) is 2.71. The Morgan fingerprint density at radius 1 is 1.27 bits per heavy atom. The molecule has 1 amide bonds. The van der Waals surface area contributed by atoms with Gasteiger partial charge in [-0.15, -0.1) is 0 Å². The van der Waals surface area contributed by atoms with Gasteiger partial charge in [0.15, 0.2) is 0 Å². The first kappa shape index (κ1) is 18.4. The Bertz CT molecular complexity index is 695. The summed E-state index contributed by atoms with van der Waals surface area (Å²) in [4.78, 5) is 16.5. The Labute approximate surface area is 153 Å². The number of hydrogen-bond donors (Lipinski definition) is 2. The third-order valence-electron chi connectivity index (χ3n) is 4.22. The number of pyridine rings is 1. The third kappa shape index (κ3) is 5.54. The number of hydrogen-bond acceptors (Lipinski definition) is 5. The van der Waals surface area contributed by atoms with E-state index in [4.69, 9.17) is 9.47 Å². The molecule has 1 fully saturated rings. The highest BCUT2D eigenvalue weighted by molar-refractivity contribution is 6.04. The molecule has 2 heterocycles. The summed E-state index contributed by atoms with van der Waals surface area (Å²) in [5.41, 5.74) is 2.44. The fourth-order valence-corrected chi connectivity index (χ4v) is 2.71. The van der Waals surface area contributed by atoms with Gasteiger partial charge in [0, 0.05) is 25.0 Å². The van der Waals surface area contributed by atoms with Gasteiger partial charge in [0.25, 0.3) is 5.91 Å². The number of carbonyl (C=O) groups is 1. The van der Waals surface area contributed by atoms with E-state index in [1.807, 2.05) is 31.2 Å². The lowest BCUT2D eigenvalue weighted by Gasteiger charge is -2.11. The van der Waals surface area contributed by atoms with Crippen molar-refractivity contribution in [3.8, 4) is 0 Å². The molecule has 0 saturated carbocycles. The SMILES string of the molecule is Cc1ccc(NC(=O)c2ccc(NCCOCC3CCCO3)nc2)cc1. The fraction of sp³-hybridized carbons (Fsp3) is 0.400. The highest BCUT2D eigenvalue weighted by Gasteiger charge is 2.14. The molecule has 6 heteroatoms. The third-order valence-corrected chi connectivity index (χ3v) is 4.22. The molecule has 26 heavy (non-hydrogen) atoms. The minimum Gasteiger partial charge on any atom is -0.377 e. The number of anilines is 2. The summed E-state index contributed by atoms with van der Waals surface area (Å²) < 4.78 is 11.1. The molecule has 1 atom stereocenters. The molecule has 138 valence electrons. The second kappa shape index (κ2) is 9.31. The molecule has 3 rings (SSSR count). The lowest BCUT2D eigenvalue weighted by atomic mass is 10.2. The number of nitrogens with one attached hydrogen (secondary N) is 2. The molecule has 2 aromatic rings. The topological polar surface area (TPSA) is 72.5 Å². The largest absolute Gasteiger partial charge is 0.377 e. The molecule has 1 aromatic heterocycles. The molecule has 2 N–H and O–H groups in total. The van der Waals surface area contributed by atoms with Crippen molar-refractivity contribution in [1.29, 1.82) is 0 Å². The number of ether oxygens (including phenoxy) is 2. The average Bonchev–Trinajstić information content (AvgIpc) is 3.17. The molecule has 0 bridgehead atoms. The van der Waals surface area contributed by atoms with Gasteiger partial charge in [-0.05, 0) is 44.0 Å². The number of amides is 1. The number of benzene rings is 1. The lowest BCUT2D eigenvalue weighted by Crippen LogP contribution is -2.18. The van der Waals surface area contributed by atoms with Crippen molar-refractivity contribution in [2.45, 2.75) is 25.9 Å². The van der Waals surface area contributed by atoms with E-state index in [2.05, 4.69) is 15.6 Å². The summed E-state index contributed by atoms with van der Waals surface area (Å²) in [5, 5.41) is 6.04. The van der Waals surface area contributed by atoms with Gasteiger partial charge in [-0.25, -0.2) is 4.98 Å². The first-order valence-electron chi connectivity index (χ1n) is 8.98. The summed E-state index contributed by atoms with van der Waals surface area (Å²) >= 11 is 0. The zero-order valence-corrected chi connectivity index (χ0v) is 15.0. The van der Waals surface area contributed by atoms with E-state index in [1.54, 1.807) is 18.3 Å².